The summed E-state index contributed by atoms with van der Waals surface area (Å²) in [5, 5.41) is 11.1. The van der Waals surface area contributed by atoms with Crippen LogP contribution in [0.25, 0.3) is 11.1 Å². The Bertz CT molecular complexity index is 576. The first-order valence-electron chi connectivity index (χ1n) is 5.16. The van der Waals surface area contributed by atoms with Gasteiger partial charge in [-0.15, -0.1) is 0 Å². The molecular weight excluding hydrogens is 236 g/mol. The molecule has 0 unspecified atom stereocenters. The third kappa shape index (κ3) is 2.32. The van der Waals surface area contributed by atoms with Crippen LogP contribution in [0.15, 0.2) is 42.5 Å². The monoisotopic (exact) mass is 245 g/mol. The third-order valence-corrected chi connectivity index (χ3v) is 2.95. The molecule has 0 fully saturated rings. The molecule has 0 atom stereocenters. The number of hydrogen-bond donors (Lipinski definition) is 0. The molecule has 17 heavy (non-hydrogen) atoms. The zero-order valence-electron chi connectivity index (χ0n) is 9.24. The summed E-state index contributed by atoms with van der Waals surface area (Å²) in [5.41, 5.74) is 3.01. The van der Waals surface area contributed by atoms with Crippen LogP contribution in [0, 0.1) is 6.92 Å². The smallest absolute Gasteiger partial charge is 0.0715 e. The Morgan fingerprint density at radius 3 is 2.41 bits per heavy atom. The van der Waals surface area contributed by atoms with Crippen molar-refractivity contribution in [3.05, 3.63) is 58.6 Å². The molecule has 2 rings (SSSR count). The summed E-state index contributed by atoms with van der Waals surface area (Å²) in [7, 11) is 0. The zero-order valence-corrected chi connectivity index (χ0v) is 9.99. The van der Waals surface area contributed by atoms with Crippen molar-refractivity contribution in [1.82, 2.24) is 0 Å². The molecule has 3 heteroatoms. The highest BCUT2D eigenvalue weighted by molar-refractivity contribution is 6.33. The number of aromatic carboxylic acids is 1. The van der Waals surface area contributed by atoms with Crippen molar-refractivity contribution in [3.8, 4) is 11.1 Å². The number of carboxylic acid groups (broad SMARTS) is 1. The minimum absolute atomic E-state index is 0.0901. The van der Waals surface area contributed by atoms with Gasteiger partial charge in [0.2, 0.25) is 0 Å². The molecule has 0 aromatic heterocycles. The molecule has 86 valence electrons. The van der Waals surface area contributed by atoms with Crippen LogP contribution in [-0.4, -0.2) is 5.97 Å². The number of carbonyl (C=O) groups is 1. The highest BCUT2D eigenvalue weighted by atomic mass is 35.5. The maximum Gasteiger partial charge on any atom is 0.0715 e. The quantitative estimate of drug-likeness (QED) is 0.816. The second-order valence-corrected chi connectivity index (χ2v) is 4.20. The van der Waals surface area contributed by atoms with E-state index in [2.05, 4.69) is 0 Å². The fourth-order valence-corrected chi connectivity index (χ4v) is 2.02. The van der Waals surface area contributed by atoms with Crippen LogP contribution in [0.3, 0.4) is 0 Å². The number of benzene rings is 2. The Balaban J connectivity index is 2.55. The van der Waals surface area contributed by atoms with Gasteiger partial charge in [0.1, 0.15) is 0 Å². The van der Waals surface area contributed by atoms with Crippen molar-refractivity contribution >= 4 is 17.6 Å². The average molecular weight is 246 g/mol. The van der Waals surface area contributed by atoms with Gasteiger partial charge in [0.15, 0.2) is 0 Å². The van der Waals surface area contributed by atoms with Crippen molar-refractivity contribution in [3.63, 3.8) is 0 Å². The molecule has 0 saturated heterocycles. The van der Waals surface area contributed by atoms with Gasteiger partial charge in [-0.05, 0) is 29.7 Å². The molecule has 0 aliphatic rings. The van der Waals surface area contributed by atoms with E-state index in [1.165, 1.54) is 12.1 Å². The van der Waals surface area contributed by atoms with Gasteiger partial charge < -0.3 is 9.90 Å². The van der Waals surface area contributed by atoms with E-state index in [-0.39, 0.29) is 5.56 Å². The van der Waals surface area contributed by atoms with E-state index in [1.807, 2.05) is 31.2 Å². The van der Waals surface area contributed by atoms with Gasteiger partial charge in [-0.25, -0.2) is 0 Å². The summed E-state index contributed by atoms with van der Waals surface area (Å²) < 4.78 is 0. The fourth-order valence-electron chi connectivity index (χ4n) is 1.74. The Hall–Kier alpha value is -1.80. The molecule has 0 radical (unpaired) electrons. The van der Waals surface area contributed by atoms with E-state index in [1.54, 1.807) is 6.07 Å². The van der Waals surface area contributed by atoms with E-state index in [0.29, 0.717) is 5.02 Å². The number of carbonyl (C=O) groups excluding carboxylic acids is 1. The van der Waals surface area contributed by atoms with Crippen molar-refractivity contribution in [2.45, 2.75) is 6.92 Å². The summed E-state index contributed by atoms with van der Waals surface area (Å²) in [5.74, 6) is -1.22. The summed E-state index contributed by atoms with van der Waals surface area (Å²) in [6.45, 7) is 1.98. The van der Waals surface area contributed by atoms with Crippen LogP contribution < -0.4 is 5.11 Å². The molecule has 0 aliphatic carbocycles. The highest BCUT2D eigenvalue weighted by Crippen LogP contribution is 2.30. The van der Waals surface area contributed by atoms with Crippen molar-refractivity contribution in [1.29, 1.82) is 0 Å². The second-order valence-electron chi connectivity index (χ2n) is 3.80. The third-order valence-electron chi connectivity index (χ3n) is 2.64. The lowest BCUT2D eigenvalue weighted by molar-refractivity contribution is -0.255. The first-order valence-corrected chi connectivity index (χ1v) is 5.54. The molecule has 0 amide bonds. The molecule has 0 bridgehead atoms. The molecule has 2 aromatic rings. The predicted molar refractivity (Wildman–Crippen MR) is 66.0 cm³/mol. The Morgan fingerprint density at radius 2 is 1.82 bits per heavy atom. The van der Waals surface area contributed by atoms with E-state index >= 15 is 0 Å². The van der Waals surface area contributed by atoms with Gasteiger partial charge >= 0.3 is 0 Å². The van der Waals surface area contributed by atoms with Crippen LogP contribution in [0.4, 0.5) is 0 Å². The number of aryl methyl sites for hydroxylation is 1. The van der Waals surface area contributed by atoms with Crippen molar-refractivity contribution in [2.75, 3.05) is 0 Å². The molecule has 0 saturated carbocycles. The SMILES string of the molecule is Cc1ccccc1-c1ccc(C(=O)[O-])cc1Cl. The van der Waals surface area contributed by atoms with Crippen LogP contribution in [0.1, 0.15) is 15.9 Å². The van der Waals surface area contributed by atoms with E-state index < -0.39 is 5.97 Å². The van der Waals surface area contributed by atoms with Crippen molar-refractivity contribution < 1.29 is 9.90 Å². The standard InChI is InChI=1S/C14H11ClO2/c1-9-4-2-3-5-11(9)12-7-6-10(14(16)17)8-13(12)15/h2-8H,1H3,(H,16,17)/p-1. The van der Waals surface area contributed by atoms with E-state index in [9.17, 15) is 9.90 Å². The van der Waals surface area contributed by atoms with Crippen LogP contribution in [-0.2, 0) is 0 Å². The molecule has 0 heterocycles. The minimum atomic E-state index is -1.22. The summed E-state index contributed by atoms with van der Waals surface area (Å²) in [4.78, 5) is 10.7. The first kappa shape index (κ1) is 11.7. The lowest BCUT2D eigenvalue weighted by Gasteiger charge is -2.10. The zero-order chi connectivity index (χ0) is 12.4. The molecule has 0 aliphatic heterocycles. The average Bonchev–Trinajstić information content (AvgIpc) is 2.30. The number of hydrogen-bond acceptors (Lipinski definition) is 2. The maximum atomic E-state index is 10.7. The molecule has 0 spiro atoms. The fraction of sp³-hybridized carbons (Fsp3) is 0.0714. The van der Waals surface area contributed by atoms with E-state index in [4.69, 9.17) is 11.6 Å². The highest BCUT2D eigenvalue weighted by Gasteiger charge is 2.06. The lowest BCUT2D eigenvalue weighted by Crippen LogP contribution is -2.22. The normalized spacial score (nSPS) is 10.2. The largest absolute Gasteiger partial charge is 0.545 e. The summed E-state index contributed by atoms with van der Waals surface area (Å²) in [6, 6.07) is 12.4. The topological polar surface area (TPSA) is 40.1 Å². The van der Waals surface area contributed by atoms with Gasteiger partial charge in [-0.2, -0.15) is 0 Å². The van der Waals surface area contributed by atoms with E-state index in [0.717, 1.165) is 16.7 Å². The van der Waals surface area contributed by atoms with Crippen LogP contribution in [0.2, 0.25) is 5.02 Å². The Morgan fingerprint density at radius 1 is 1.12 bits per heavy atom. The Labute approximate surface area is 104 Å². The van der Waals surface area contributed by atoms with Gasteiger partial charge in [-0.1, -0.05) is 48.0 Å². The van der Waals surface area contributed by atoms with Gasteiger partial charge in [0.25, 0.3) is 0 Å². The maximum absolute atomic E-state index is 10.7. The van der Waals surface area contributed by atoms with Crippen LogP contribution in [0.5, 0.6) is 0 Å². The van der Waals surface area contributed by atoms with Crippen molar-refractivity contribution in [2.24, 2.45) is 0 Å². The number of rotatable bonds is 2. The summed E-state index contributed by atoms with van der Waals surface area (Å²) in [6.07, 6.45) is 0. The van der Waals surface area contributed by atoms with Gasteiger partial charge in [-0.3, -0.25) is 0 Å². The molecule has 2 nitrogen and oxygen atoms in total. The predicted octanol–water partition coefficient (Wildman–Crippen LogP) is 2.68. The minimum Gasteiger partial charge on any atom is -0.545 e. The number of halogens is 1. The second kappa shape index (κ2) is 4.60. The van der Waals surface area contributed by atoms with Crippen LogP contribution >= 0.6 is 11.6 Å². The van der Waals surface area contributed by atoms with Gasteiger partial charge in [0, 0.05) is 10.6 Å². The first-order chi connectivity index (χ1) is 8.09. The Kier molecular flexibility index (Phi) is 3.16. The molecule has 2 aromatic carbocycles. The number of carboxylic acids is 1. The van der Waals surface area contributed by atoms with Gasteiger partial charge in [0.05, 0.1) is 5.97 Å². The molecular formula is C14H10ClO2-. The molecule has 0 N–H and O–H groups in total. The summed E-state index contributed by atoms with van der Waals surface area (Å²) >= 11 is 6.09. The lowest BCUT2D eigenvalue weighted by atomic mass is 9.99.